The molecule has 0 atom stereocenters. The van der Waals surface area contributed by atoms with Gasteiger partial charge in [-0.15, -0.1) is 0 Å². The van der Waals surface area contributed by atoms with E-state index in [2.05, 4.69) is 10.3 Å². The van der Waals surface area contributed by atoms with Crippen molar-refractivity contribution >= 4 is 17.5 Å². The molecule has 1 aromatic carbocycles. The molecular weight excluding hydrogens is 359 g/mol. The molecule has 2 aromatic rings. The van der Waals surface area contributed by atoms with E-state index >= 15 is 0 Å². The van der Waals surface area contributed by atoms with Crippen molar-refractivity contribution in [3.63, 3.8) is 0 Å². The second-order valence-corrected chi connectivity index (χ2v) is 6.59. The summed E-state index contributed by atoms with van der Waals surface area (Å²) in [6.45, 7) is 0.400. The lowest BCUT2D eigenvalue weighted by Crippen LogP contribution is -2.42. The highest BCUT2D eigenvalue weighted by Crippen LogP contribution is 2.48. The summed E-state index contributed by atoms with van der Waals surface area (Å²) in [5, 5.41) is 2.21. The van der Waals surface area contributed by atoms with Crippen molar-refractivity contribution in [1.29, 1.82) is 0 Å². The Morgan fingerprint density at radius 3 is 2.41 bits per heavy atom. The molecule has 3 rings (SSSR count). The van der Waals surface area contributed by atoms with Crippen molar-refractivity contribution in [2.75, 3.05) is 18.9 Å². The number of halogens is 3. The van der Waals surface area contributed by atoms with Crippen molar-refractivity contribution in [1.82, 2.24) is 9.88 Å². The van der Waals surface area contributed by atoms with E-state index in [-0.39, 0.29) is 5.91 Å². The molecule has 0 aliphatic heterocycles. The fourth-order valence-electron chi connectivity index (χ4n) is 2.84. The summed E-state index contributed by atoms with van der Waals surface area (Å²) in [4.78, 5) is 30.6. The molecule has 8 heteroatoms. The molecule has 1 N–H and O–H groups in total. The second-order valence-electron chi connectivity index (χ2n) is 6.59. The highest BCUT2D eigenvalue weighted by molar-refractivity contribution is 6.13. The van der Waals surface area contributed by atoms with Gasteiger partial charge in [0.05, 0.1) is 5.69 Å². The van der Waals surface area contributed by atoms with Crippen LogP contribution in [0.5, 0.6) is 0 Å². The number of nitrogens with zero attached hydrogens (tertiary/aromatic N) is 2. The SMILES string of the molecule is CN(CCc1ccncc1)C(=O)C1(C(=O)Nc2ccc(F)c(F)c2F)CC1. The Kier molecular flexibility index (Phi) is 5.16. The molecule has 1 aromatic heterocycles. The van der Waals surface area contributed by atoms with Crippen molar-refractivity contribution in [3.8, 4) is 0 Å². The number of anilines is 1. The van der Waals surface area contributed by atoms with Crippen LogP contribution in [0.25, 0.3) is 0 Å². The van der Waals surface area contributed by atoms with Crippen LogP contribution in [0.3, 0.4) is 0 Å². The van der Waals surface area contributed by atoms with Gasteiger partial charge >= 0.3 is 0 Å². The van der Waals surface area contributed by atoms with Crippen LogP contribution in [0.4, 0.5) is 18.9 Å². The molecule has 0 radical (unpaired) electrons. The van der Waals surface area contributed by atoms with E-state index in [1.807, 2.05) is 12.1 Å². The Labute approximate surface area is 154 Å². The number of carbonyl (C=O) groups is 2. The Bertz CT molecular complexity index is 870. The molecule has 0 unspecified atom stereocenters. The third-order valence-electron chi connectivity index (χ3n) is 4.71. The highest BCUT2D eigenvalue weighted by atomic mass is 19.2. The first-order valence-electron chi connectivity index (χ1n) is 8.44. The lowest BCUT2D eigenvalue weighted by Gasteiger charge is -2.23. The largest absolute Gasteiger partial charge is 0.344 e. The van der Waals surface area contributed by atoms with Gasteiger partial charge in [-0.3, -0.25) is 14.6 Å². The van der Waals surface area contributed by atoms with Crippen molar-refractivity contribution < 1.29 is 22.8 Å². The molecule has 1 heterocycles. The number of amides is 2. The van der Waals surface area contributed by atoms with Crippen LogP contribution in [-0.4, -0.2) is 35.3 Å². The number of nitrogens with one attached hydrogen (secondary N) is 1. The number of hydrogen-bond donors (Lipinski definition) is 1. The van der Waals surface area contributed by atoms with Gasteiger partial charge in [0.15, 0.2) is 17.5 Å². The molecule has 1 aliphatic rings. The van der Waals surface area contributed by atoms with Crippen molar-refractivity contribution in [3.05, 3.63) is 59.7 Å². The average Bonchev–Trinajstić information content (AvgIpc) is 3.48. The maximum atomic E-state index is 13.8. The summed E-state index contributed by atoms with van der Waals surface area (Å²) in [6.07, 6.45) is 4.55. The number of likely N-dealkylation sites (N-methyl/N-ethyl adjacent to an activating group) is 1. The quantitative estimate of drug-likeness (QED) is 0.622. The van der Waals surface area contributed by atoms with E-state index in [4.69, 9.17) is 0 Å². The summed E-state index contributed by atoms with van der Waals surface area (Å²) in [5.74, 6) is -5.60. The van der Waals surface area contributed by atoms with Gasteiger partial charge < -0.3 is 10.2 Å². The molecule has 142 valence electrons. The van der Waals surface area contributed by atoms with Gasteiger partial charge in [-0.1, -0.05) is 0 Å². The highest BCUT2D eigenvalue weighted by Gasteiger charge is 2.57. The summed E-state index contributed by atoms with van der Waals surface area (Å²) < 4.78 is 40.1. The van der Waals surface area contributed by atoms with Crippen molar-refractivity contribution in [2.45, 2.75) is 19.3 Å². The molecular formula is C19H18F3N3O2. The first kappa shape index (κ1) is 18.9. The first-order chi connectivity index (χ1) is 12.8. The molecule has 0 saturated heterocycles. The Hall–Kier alpha value is -2.90. The number of aromatic nitrogens is 1. The Morgan fingerprint density at radius 2 is 1.78 bits per heavy atom. The van der Waals surface area contributed by atoms with E-state index in [9.17, 15) is 22.8 Å². The molecule has 2 amide bonds. The minimum atomic E-state index is -1.67. The molecule has 0 bridgehead atoms. The van der Waals surface area contributed by atoms with Crippen LogP contribution in [0.1, 0.15) is 18.4 Å². The molecule has 1 saturated carbocycles. The Balaban J connectivity index is 1.66. The third kappa shape index (κ3) is 3.79. The predicted molar refractivity (Wildman–Crippen MR) is 92.2 cm³/mol. The van der Waals surface area contributed by atoms with Gasteiger partial charge in [-0.05, 0) is 49.1 Å². The fourth-order valence-corrected chi connectivity index (χ4v) is 2.84. The molecule has 0 spiro atoms. The second kappa shape index (κ2) is 7.38. The molecule has 1 fully saturated rings. The summed E-state index contributed by atoms with van der Waals surface area (Å²) in [6, 6.07) is 5.32. The van der Waals surface area contributed by atoms with E-state index in [0.717, 1.165) is 17.7 Å². The van der Waals surface area contributed by atoms with Gasteiger partial charge in [0.2, 0.25) is 11.8 Å². The zero-order valence-electron chi connectivity index (χ0n) is 14.6. The first-order valence-corrected chi connectivity index (χ1v) is 8.44. The van der Waals surface area contributed by atoms with E-state index in [1.54, 1.807) is 19.4 Å². The zero-order chi connectivity index (χ0) is 19.6. The molecule has 5 nitrogen and oxygen atoms in total. The normalized spacial score (nSPS) is 14.5. The van der Waals surface area contributed by atoms with Crippen LogP contribution in [0, 0.1) is 22.9 Å². The summed E-state index contributed by atoms with van der Waals surface area (Å²) in [7, 11) is 1.59. The number of hydrogen-bond acceptors (Lipinski definition) is 3. The number of carbonyl (C=O) groups excluding carboxylic acids is 2. The maximum Gasteiger partial charge on any atom is 0.240 e. The molecule has 1 aliphatic carbocycles. The average molecular weight is 377 g/mol. The third-order valence-corrected chi connectivity index (χ3v) is 4.71. The van der Waals surface area contributed by atoms with Crippen molar-refractivity contribution in [2.24, 2.45) is 5.41 Å². The number of benzene rings is 1. The number of pyridine rings is 1. The monoisotopic (exact) mass is 377 g/mol. The van der Waals surface area contributed by atoms with Crippen LogP contribution < -0.4 is 5.32 Å². The lowest BCUT2D eigenvalue weighted by molar-refractivity contribution is -0.141. The van der Waals surface area contributed by atoms with E-state index in [0.29, 0.717) is 25.8 Å². The van der Waals surface area contributed by atoms with Gasteiger partial charge in [0.1, 0.15) is 5.41 Å². The van der Waals surface area contributed by atoms with Gasteiger partial charge in [0, 0.05) is 26.0 Å². The van der Waals surface area contributed by atoms with Crippen LogP contribution in [0.15, 0.2) is 36.7 Å². The fraction of sp³-hybridized carbons (Fsp3) is 0.316. The minimum Gasteiger partial charge on any atom is -0.344 e. The van der Waals surface area contributed by atoms with Gasteiger partial charge in [-0.25, -0.2) is 13.2 Å². The maximum absolute atomic E-state index is 13.8. The topological polar surface area (TPSA) is 62.3 Å². The lowest BCUT2D eigenvalue weighted by atomic mass is 10.0. The van der Waals surface area contributed by atoms with Crippen LogP contribution >= 0.6 is 0 Å². The van der Waals surface area contributed by atoms with E-state index < -0.39 is 34.5 Å². The number of rotatable bonds is 6. The zero-order valence-corrected chi connectivity index (χ0v) is 14.6. The summed E-state index contributed by atoms with van der Waals surface area (Å²) in [5.41, 5.74) is -0.773. The van der Waals surface area contributed by atoms with Gasteiger partial charge in [-0.2, -0.15) is 0 Å². The Morgan fingerprint density at radius 1 is 1.11 bits per heavy atom. The van der Waals surface area contributed by atoms with E-state index in [1.165, 1.54) is 4.90 Å². The summed E-state index contributed by atoms with van der Waals surface area (Å²) >= 11 is 0. The minimum absolute atomic E-state index is 0.322. The van der Waals surface area contributed by atoms with Crippen LogP contribution in [0.2, 0.25) is 0 Å². The van der Waals surface area contributed by atoms with Gasteiger partial charge in [0.25, 0.3) is 0 Å². The smallest absolute Gasteiger partial charge is 0.240 e. The standard InChI is InChI=1S/C19H18F3N3O2/c1-25(11-6-12-4-9-23-10-5-12)18(27)19(7-8-19)17(26)24-14-3-2-13(20)15(21)16(14)22/h2-5,9-10H,6-8,11H2,1H3,(H,24,26). The predicted octanol–water partition coefficient (Wildman–Crippen LogP) is 2.92. The molecule has 27 heavy (non-hydrogen) atoms. The van der Waals surface area contributed by atoms with Crippen LogP contribution in [-0.2, 0) is 16.0 Å².